The van der Waals surface area contributed by atoms with Crippen molar-refractivity contribution < 1.29 is 4.42 Å². The molecule has 246 valence electrons. The summed E-state index contributed by atoms with van der Waals surface area (Å²) < 4.78 is 8.93. The number of para-hydroxylation sites is 2. The first-order valence-electron chi connectivity index (χ1n) is 18.8. The van der Waals surface area contributed by atoms with Gasteiger partial charge in [0.15, 0.2) is 17.5 Å². The van der Waals surface area contributed by atoms with E-state index in [0.29, 0.717) is 17.5 Å². The van der Waals surface area contributed by atoms with E-state index in [1.807, 2.05) is 0 Å². The molecule has 0 saturated heterocycles. The van der Waals surface area contributed by atoms with Crippen molar-refractivity contribution in [3.05, 3.63) is 84.9 Å². The van der Waals surface area contributed by atoms with Gasteiger partial charge in [0.1, 0.15) is 89.6 Å². The molecule has 0 fully saturated rings. The maximum Gasteiger partial charge on any atom is 0.164 e. The van der Waals surface area contributed by atoms with Crippen LogP contribution in [-0.4, -0.2) is 98.0 Å². The molecule has 0 saturated carbocycles. The lowest BCUT2D eigenvalue weighted by molar-refractivity contribution is 0.669. The van der Waals surface area contributed by atoms with Crippen LogP contribution < -0.4 is 54.6 Å². The first-order chi connectivity index (χ1) is 26.0. The van der Waals surface area contributed by atoms with Gasteiger partial charge in [0.25, 0.3) is 0 Å². The largest absolute Gasteiger partial charge is 0.456 e. The molecule has 15 heteroatoms. The van der Waals surface area contributed by atoms with Gasteiger partial charge in [-0.3, -0.25) is 0 Å². The van der Waals surface area contributed by atoms with Crippen molar-refractivity contribution in [2.24, 2.45) is 0 Å². The number of furan rings is 1. The van der Waals surface area contributed by atoms with Crippen molar-refractivity contribution in [1.82, 2.24) is 19.5 Å². The van der Waals surface area contributed by atoms with E-state index in [4.69, 9.17) is 19.4 Å². The zero-order valence-corrected chi connectivity index (χ0v) is 32.8. The second-order valence-electron chi connectivity index (χ2n) is 15.1. The van der Waals surface area contributed by atoms with Crippen molar-refractivity contribution in [2.75, 3.05) is 0 Å². The lowest BCUT2D eigenvalue weighted by Gasteiger charge is -2.22. The molecule has 6 aromatic carbocycles. The van der Waals surface area contributed by atoms with Gasteiger partial charge in [-0.25, -0.2) is 15.0 Å². The molecule has 54 heavy (non-hydrogen) atoms. The molecule has 0 spiro atoms. The Morgan fingerprint density at radius 3 is 1.39 bits per heavy atom. The number of nitrogens with zero attached hydrogens (tertiary/aromatic N) is 4. The monoisotopic (exact) mass is 684 g/mol. The highest BCUT2D eigenvalue weighted by Crippen LogP contribution is 2.39. The van der Waals surface area contributed by atoms with Gasteiger partial charge in [-0.05, 0) is 42.5 Å². The minimum atomic E-state index is 0.643. The van der Waals surface area contributed by atoms with Crippen LogP contribution in [0.1, 0.15) is 0 Å². The number of hydrogen-bond acceptors (Lipinski definition) is 4. The van der Waals surface area contributed by atoms with Crippen LogP contribution in [0.4, 0.5) is 0 Å². The van der Waals surface area contributed by atoms with E-state index in [1.165, 1.54) is 65.4 Å². The van der Waals surface area contributed by atoms with Crippen LogP contribution in [-0.2, 0) is 0 Å². The zero-order valence-electron chi connectivity index (χ0n) is 32.8. The number of aromatic nitrogens is 4. The first kappa shape index (κ1) is 34.4. The van der Waals surface area contributed by atoms with E-state index < -0.39 is 0 Å². The van der Waals surface area contributed by atoms with E-state index in [9.17, 15) is 0 Å². The molecule has 0 amide bonds. The number of hydrogen-bond donors (Lipinski definition) is 0. The summed E-state index contributed by atoms with van der Waals surface area (Å²) >= 11 is 0. The fourth-order valence-corrected chi connectivity index (χ4v) is 8.72. The molecule has 0 N–H and O–H groups in total. The third-order valence-electron chi connectivity index (χ3n) is 12.6. The van der Waals surface area contributed by atoms with E-state index >= 15 is 0 Å². The third-order valence-corrected chi connectivity index (χ3v) is 12.6. The average Bonchev–Trinajstić information content (AvgIpc) is 3.73. The highest BCUT2D eigenvalue weighted by molar-refractivity contribution is 6.69. The molecule has 3 heterocycles. The van der Waals surface area contributed by atoms with E-state index in [-0.39, 0.29) is 0 Å². The number of fused-ring (bicyclic) bond motifs is 6. The summed E-state index contributed by atoms with van der Waals surface area (Å²) in [5.41, 5.74) is 20.7. The van der Waals surface area contributed by atoms with Gasteiger partial charge in [0.2, 0.25) is 0 Å². The minimum absolute atomic E-state index is 0.643. The van der Waals surface area contributed by atoms with Crippen LogP contribution >= 0.6 is 0 Å². The summed E-state index contributed by atoms with van der Waals surface area (Å²) in [7, 11) is 22.0. The Labute approximate surface area is 324 Å². The van der Waals surface area contributed by atoms with Gasteiger partial charge in [0, 0.05) is 32.8 Å². The Balaban J connectivity index is 1.34. The number of rotatable bonds is 4. The van der Waals surface area contributed by atoms with Crippen LogP contribution in [0.2, 0.25) is 0 Å². The summed E-state index contributed by atoms with van der Waals surface area (Å²) in [5, 5.41) is 4.53. The highest BCUT2D eigenvalue weighted by Gasteiger charge is 2.23. The highest BCUT2D eigenvalue weighted by atomic mass is 16.3. The molecule has 9 rings (SSSR count). The molecular weight excluding hydrogens is 649 g/mol. The Morgan fingerprint density at radius 2 is 0.870 bits per heavy atom. The second-order valence-corrected chi connectivity index (χ2v) is 15.1. The Kier molecular flexibility index (Phi) is 8.00. The fourth-order valence-electron chi connectivity index (χ4n) is 8.72. The minimum Gasteiger partial charge on any atom is -0.456 e. The molecule has 0 unspecified atom stereocenters. The number of benzene rings is 6. The third kappa shape index (κ3) is 4.97. The van der Waals surface area contributed by atoms with Gasteiger partial charge in [-0.2, -0.15) is 0 Å². The molecule has 0 bridgehead atoms. The molecular formula is C39H34B10N4O. The quantitative estimate of drug-likeness (QED) is 0.173. The lowest BCUT2D eigenvalue weighted by Crippen LogP contribution is -2.55. The molecule has 0 radical (unpaired) electrons. The SMILES string of the molecule is Bc1c(B)c(B)c(-c2nc(-c3ccc4oc5cccc(-n6c7ccccc7c7ccccc76)c5c4c3)nc(-c3c(B)c(B)c(B)c(B)c3B)n2)c(B)c1B. The zero-order chi connectivity index (χ0) is 37.7. The Bertz CT molecular complexity index is 2880. The second kappa shape index (κ2) is 12.6. The van der Waals surface area contributed by atoms with Crippen molar-refractivity contribution in [3.63, 3.8) is 0 Å². The molecule has 0 aliphatic carbocycles. The van der Waals surface area contributed by atoms with E-state index in [2.05, 4.69) is 168 Å². The van der Waals surface area contributed by atoms with E-state index in [0.717, 1.165) is 55.3 Å². The van der Waals surface area contributed by atoms with Crippen LogP contribution in [0.3, 0.4) is 0 Å². The van der Waals surface area contributed by atoms with Crippen LogP contribution in [0, 0.1) is 0 Å². The molecule has 5 nitrogen and oxygen atoms in total. The molecule has 0 atom stereocenters. The smallest absolute Gasteiger partial charge is 0.164 e. The Morgan fingerprint density at radius 1 is 0.407 bits per heavy atom. The maximum absolute atomic E-state index is 6.56. The summed E-state index contributed by atoms with van der Waals surface area (Å²) in [6, 6.07) is 30.0. The topological polar surface area (TPSA) is 56.7 Å². The van der Waals surface area contributed by atoms with Crippen molar-refractivity contribution in [3.8, 4) is 39.9 Å². The van der Waals surface area contributed by atoms with Gasteiger partial charge in [-0.1, -0.05) is 64.3 Å². The van der Waals surface area contributed by atoms with Crippen molar-refractivity contribution in [1.29, 1.82) is 0 Å². The van der Waals surface area contributed by atoms with Gasteiger partial charge >= 0.3 is 0 Å². The van der Waals surface area contributed by atoms with Crippen LogP contribution in [0.5, 0.6) is 0 Å². The van der Waals surface area contributed by atoms with Gasteiger partial charge in [-0.15, -0.1) is 32.8 Å². The normalized spacial score (nSPS) is 11.7. The standard InChI is InChI=1S/C39H34B10N4O/c40-27-25(28(41)32(45)35(48)31(27)44)38-50-37(51-39(52-38)26-29(42)33(46)36(49)34(47)30(26)43)15-12-13-22-18(14-15)24-21(10-5-11-23(24)54-22)53-19-8-3-1-6-16(19)17-7-2-4-9-20(17)53/h1-14H,40-49H2. The molecule has 3 aromatic heterocycles. The average molecular weight is 683 g/mol. The van der Waals surface area contributed by atoms with Crippen LogP contribution in [0.25, 0.3) is 83.6 Å². The van der Waals surface area contributed by atoms with Crippen molar-refractivity contribution >= 4 is 177 Å². The molecule has 9 aromatic rings. The summed E-state index contributed by atoms with van der Waals surface area (Å²) in [6.45, 7) is 0. The Hall–Kier alpha value is -5.42. The van der Waals surface area contributed by atoms with E-state index in [1.54, 1.807) is 0 Å². The first-order valence-corrected chi connectivity index (χ1v) is 18.8. The predicted octanol–water partition coefficient (Wildman–Crippen LogP) is -7.55. The van der Waals surface area contributed by atoms with Crippen LogP contribution in [0.15, 0.2) is 89.3 Å². The molecule has 0 aliphatic heterocycles. The van der Waals surface area contributed by atoms with Crippen molar-refractivity contribution in [2.45, 2.75) is 0 Å². The van der Waals surface area contributed by atoms with Gasteiger partial charge in [0.05, 0.1) is 22.1 Å². The predicted molar refractivity (Wildman–Crippen MR) is 260 cm³/mol. The summed E-state index contributed by atoms with van der Waals surface area (Å²) in [4.78, 5) is 16.0. The maximum atomic E-state index is 6.56. The lowest BCUT2D eigenvalue weighted by atomic mass is 9.60. The summed E-state index contributed by atoms with van der Waals surface area (Å²) in [6.07, 6.45) is 0. The summed E-state index contributed by atoms with van der Waals surface area (Å²) in [5.74, 6) is 2.05. The molecule has 0 aliphatic rings. The van der Waals surface area contributed by atoms with Gasteiger partial charge < -0.3 is 8.98 Å². The fraction of sp³-hybridized carbons (Fsp3) is 0.